The van der Waals surface area contributed by atoms with Gasteiger partial charge in [0.25, 0.3) is 0 Å². The molecule has 25 heavy (non-hydrogen) atoms. The van der Waals surface area contributed by atoms with Crippen LogP contribution in [0.25, 0.3) is 16.9 Å². The summed E-state index contributed by atoms with van der Waals surface area (Å²) in [5.74, 6) is 0.428. The molecule has 0 saturated heterocycles. The summed E-state index contributed by atoms with van der Waals surface area (Å²) in [6.07, 6.45) is 11.0. The number of H-pyrrole nitrogens is 1. The molecule has 0 bridgehead atoms. The fraction of sp³-hybridized carbons (Fsp3) is 0.105. The van der Waals surface area contributed by atoms with Crippen molar-refractivity contribution in [3.63, 3.8) is 0 Å². The molecule has 6 heteroatoms. The summed E-state index contributed by atoms with van der Waals surface area (Å²) < 4.78 is 1.53. The van der Waals surface area contributed by atoms with Crippen molar-refractivity contribution in [1.82, 2.24) is 19.5 Å². The smallest absolute Gasteiger partial charge is 0.324 e. The second kappa shape index (κ2) is 7.44. The van der Waals surface area contributed by atoms with Crippen LogP contribution >= 0.6 is 0 Å². The normalized spacial score (nSPS) is 12.5. The molecule has 2 N–H and O–H groups in total. The first-order chi connectivity index (χ1) is 12.2. The van der Waals surface area contributed by atoms with E-state index in [1.54, 1.807) is 6.20 Å². The second-order valence-corrected chi connectivity index (χ2v) is 5.30. The van der Waals surface area contributed by atoms with E-state index in [-0.39, 0.29) is 5.69 Å². The number of fused-ring (bicyclic) bond motifs is 1. The maximum absolute atomic E-state index is 12.4. The van der Waals surface area contributed by atoms with Crippen LogP contribution in [0.2, 0.25) is 0 Å². The molecular weight excluding hydrogens is 314 g/mol. The number of benzene rings is 1. The fourth-order valence-electron chi connectivity index (χ4n) is 2.42. The molecule has 0 fully saturated rings. The molecule has 0 radical (unpaired) electrons. The summed E-state index contributed by atoms with van der Waals surface area (Å²) in [5, 5.41) is 3.14. The van der Waals surface area contributed by atoms with Gasteiger partial charge >= 0.3 is 5.69 Å². The van der Waals surface area contributed by atoms with Crippen LogP contribution in [0.1, 0.15) is 13.8 Å². The van der Waals surface area contributed by atoms with Gasteiger partial charge in [-0.2, -0.15) is 4.98 Å². The van der Waals surface area contributed by atoms with E-state index in [0.29, 0.717) is 17.1 Å². The van der Waals surface area contributed by atoms with Gasteiger partial charge in [-0.1, -0.05) is 36.4 Å². The van der Waals surface area contributed by atoms with Crippen LogP contribution in [0.4, 0.5) is 11.6 Å². The molecule has 0 spiro atoms. The lowest BCUT2D eigenvalue weighted by Crippen LogP contribution is -2.15. The van der Waals surface area contributed by atoms with Gasteiger partial charge in [0.05, 0.1) is 11.9 Å². The molecule has 0 amide bonds. The zero-order valence-corrected chi connectivity index (χ0v) is 14.1. The van der Waals surface area contributed by atoms with Crippen molar-refractivity contribution in [2.45, 2.75) is 13.8 Å². The number of allylic oxidation sites excluding steroid dienone is 6. The minimum absolute atomic E-state index is 0.255. The summed E-state index contributed by atoms with van der Waals surface area (Å²) in [7, 11) is 0. The molecule has 2 heterocycles. The van der Waals surface area contributed by atoms with Crippen LogP contribution in [0, 0.1) is 0 Å². The van der Waals surface area contributed by atoms with E-state index < -0.39 is 0 Å². The SMILES string of the molecule is C\C=C/C=C(\C=C/C)n1c(=O)[nH]c2cnc(Nc3ccccc3)nc21. The number of hydrogen-bond donors (Lipinski definition) is 2. The number of para-hydroxylation sites is 1. The number of aromatic amines is 1. The first kappa shape index (κ1) is 16.4. The predicted molar refractivity (Wildman–Crippen MR) is 102 cm³/mol. The van der Waals surface area contributed by atoms with Gasteiger partial charge in [0.15, 0.2) is 5.65 Å². The summed E-state index contributed by atoms with van der Waals surface area (Å²) in [6, 6.07) is 9.65. The Morgan fingerprint density at radius 1 is 1.20 bits per heavy atom. The van der Waals surface area contributed by atoms with Gasteiger partial charge in [0, 0.05) is 5.69 Å². The molecule has 0 saturated carbocycles. The van der Waals surface area contributed by atoms with E-state index in [9.17, 15) is 4.79 Å². The van der Waals surface area contributed by atoms with Crippen LogP contribution in [-0.4, -0.2) is 19.5 Å². The van der Waals surface area contributed by atoms with Gasteiger partial charge in [-0.05, 0) is 38.1 Å². The first-order valence-corrected chi connectivity index (χ1v) is 7.99. The fourth-order valence-corrected chi connectivity index (χ4v) is 2.42. The van der Waals surface area contributed by atoms with Crippen molar-refractivity contribution in [3.8, 4) is 0 Å². The third kappa shape index (κ3) is 3.58. The van der Waals surface area contributed by atoms with Crippen molar-refractivity contribution in [1.29, 1.82) is 0 Å². The Morgan fingerprint density at radius 3 is 2.72 bits per heavy atom. The highest BCUT2D eigenvalue weighted by Crippen LogP contribution is 2.17. The van der Waals surface area contributed by atoms with E-state index in [2.05, 4.69) is 20.3 Å². The third-order valence-electron chi connectivity index (χ3n) is 3.51. The van der Waals surface area contributed by atoms with Crippen LogP contribution in [0.15, 0.2) is 71.7 Å². The maximum Gasteiger partial charge on any atom is 0.332 e. The van der Waals surface area contributed by atoms with E-state index in [4.69, 9.17) is 0 Å². The van der Waals surface area contributed by atoms with Crippen LogP contribution in [0.5, 0.6) is 0 Å². The number of nitrogens with one attached hydrogen (secondary N) is 2. The first-order valence-electron chi connectivity index (χ1n) is 7.99. The summed E-state index contributed by atoms with van der Waals surface area (Å²) in [5.41, 5.74) is 2.45. The minimum atomic E-state index is -0.255. The van der Waals surface area contributed by atoms with Gasteiger partial charge in [-0.15, -0.1) is 0 Å². The Labute approximate surface area is 145 Å². The molecule has 0 aliphatic rings. The zero-order valence-electron chi connectivity index (χ0n) is 14.1. The van der Waals surface area contributed by atoms with Gasteiger partial charge in [0.2, 0.25) is 5.95 Å². The average molecular weight is 333 g/mol. The quantitative estimate of drug-likeness (QED) is 0.695. The topological polar surface area (TPSA) is 75.6 Å². The Hall–Kier alpha value is -3.41. The lowest BCUT2D eigenvalue weighted by molar-refractivity contribution is 1.03. The van der Waals surface area contributed by atoms with Gasteiger partial charge in [-0.3, -0.25) is 0 Å². The van der Waals surface area contributed by atoms with Crippen molar-refractivity contribution >= 4 is 28.5 Å². The van der Waals surface area contributed by atoms with Gasteiger partial charge < -0.3 is 10.3 Å². The molecule has 6 nitrogen and oxygen atoms in total. The molecule has 0 aliphatic heterocycles. The summed E-state index contributed by atoms with van der Waals surface area (Å²) >= 11 is 0. The third-order valence-corrected chi connectivity index (χ3v) is 3.51. The lowest BCUT2D eigenvalue weighted by atomic mass is 10.3. The predicted octanol–water partition coefficient (Wildman–Crippen LogP) is 3.86. The molecule has 1 aromatic carbocycles. The second-order valence-electron chi connectivity index (χ2n) is 5.30. The summed E-state index contributed by atoms with van der Waals surface area (Å²) in [6.45, 7) is 3.83. The van der Waals surface area contributed by atoms with Crippen LogP contribution in [0.3, 0.4) is 0 Å². The number of rotatable bonds is 5. The molecule has 126 valence electrons. The Kier molecular flexibility index (Phi) is 4.89. The van der Waals surface area contributed by atoms with E-state index in [1.165, 1.54) is 4.57 Å². The molecule has 0 unspecified atom stereocenters. The van der Waals surface area contributed by atoms with E-state index >= 15 is 0 Å². The number of aromatic nitrogens is 4. The Bertz CT molecular complexity index is 1010. The molecule has 0 aliphatic carbocycles. The summed E-state index contributed by atoms with van der Waals surface area (Å²) in [4.78, 5) is 24.0. The highest BCUT2D eigenvalue weighted by Gasteiger charge is 2.12. The van der Waals surface area contributed by atoms with Crippen molar-refractivity contribution in [2.75, 3.05) is 5.32 Å². The van der Waals surface area contributed by atoms with Crippen molar-refractivity contribution in [2.24, 2.45) is 0 Å². The van der Waals surface area contributed by atoms with Crippen molar-refractivity contribution in [3.05, 3.63) is 77.4 Å². The van der Waals surface area contributed by atoms with E-state index in [1.807, 2.05) is 74.6 Å². The monoisotopic (exact) mass is 333 g/mol. The van der Waals surface area contributed by atoms with Crippen molar-refractivity contribution < 1.29 is 0 Å². The minimum Gasteiger partial charge on any atom is -0.324 e. The van der Waals surface area contributed by atoms with Crippen LogP contribution in [-0.2, 0) is 0 Å². The Morgan fingerprint density at radius 2 is 2.00 bits per heavy atom. The Balaban J connectivity index is 2.11. The average Bonchev–Trinajstić information content (AvgIpc) is 2.95. The molecule has 2 aromatic heterocycles. The molecule has 0 atom stereocenters. The number of imidazole rings is 1. The molecular formula is C19H19N5O. The number of nitrogens with zero attached hydrogens (tertiary/aromatic N) is 3. The number of hydrogen-bond acceptors (Lipinski definition) is 4. The zero-order chi connectivity index (χ0) is 17.6. The maximum atomic E-state index is 12.4. The van der Waals surface area contributed by atoms with Gasteiger partial charge in [0.1, 0.15) is 5.52 Å². The van der Waals surface area contributed by atoms with Crippen LogP contribution < -0.4 is 11.0 Å². The number of anilines is 2. The highest BCUT2D eigenvalue weighted by atomic mass is 16.1. The van der Waals surface area contributed by atoms with Gasteiger partial charge in [-0.25, -0.2) is 14.3 Å². The molecule has 3 aromatic rings. The highest BCUT2D eigenvalue weighted by molar-refractivity contribution is 5.78. The lowest BCUT2D eigenvalue weighted by Gasteiger charge is -2.06. The standard InChI is InChI=1S/C19H19N5O/c1-3-5-12-15(9-4-2)24-17-16(22-19(24)25)13-20-18(23-17)21-14-10-7-6-8-11-14/h3-13H,1-2H3,(H,22,25)(H,20,21,23)/b5-3-,9-4-,15-12+. The molecule has 3 rings (SSSR count). The van der Waals surface area contributed by atoms with E-state index in [0.717, 1.165) is 11.4 Å². The largest absolute Gasteiger partial charge is 0.332 e.